The van der Waals surface area contributed by atoms with Gasteiger partial charge in [0.25, 0.3) is 0 Å². The normalized spacial score (nSPS) is 8.92. The number of nitriles is 1. The molecule has 0 aliphatic heterocycles. The minimum absolute atomic E-state index is 0. The third-order valence-corrected chi connectivity index (χ3v) is 1.71. The highest BCUT2D eigenvalue weighted by Gasteiger charge is 1.97. The predicted octanol–water partition coefficient (Wildman–Crippen LogP) is 2.46. The molecule has 0 bridgehead atoms. The van der Waals surface area contributed by atoms with Crippen molar-refractivity contribution in [1.29, 1.82) is 5.26 Å². The van der Waals surface area contributed by atoms with Gasteiger partial charge in [-0.3, -0.25) is 0 Å². The van der Waals surface area contributed by atoms with Crippen molar-refractivity contribution in [2.24, 2.45) is 0 Å². The third-order valence-electron chi connectivity index (χ3n) is 1.71. The SMILES string of the molecule is Cl.N#Cc1cccc2cc[nH]c12. The average Bonchev–Trinajstić information content (AvgIpc) is 2.50. The molecule has 1 aromatic carbocycles. The summed E-state index contributed by atoms with van der Waals surface area (Å²) < 4.78 is 0. The van der Waals surface area contributed by atoms with Crippen molar-refractivity contribution in [2.45, 2.75) is 0 Å². The Labute approximate surface area is 76.2 Å². The van der Waals surface area contributed by atoms with Crippen LogP contribution in [-0.4, -0.2) is 4.98 Å². The molecule has 2 nitrogen and oxygen atoms in total. The van der Waals surface area contributed by atoms with Crippen LogP contribution in [0, 0.1) is 11.3 Å². The van der Waals surface area contributed by atoms with Crippen molar-refractivity contribution < 1.29 is 0 Å². The number of aromatic amines is 1. The van der Waals surface area contributed by atoms with E-state index >= 15 is 0 Å². The molecule has 1 heterocycles. The number of H-pyrrole nitrogens is 1. The topological polar surface area (TPSA) is 39.6 Å². The fourth-order valence-corrected chi connectivity index (χ4v) is 1.18. The van der Waals surface area contributed by atoms with Gasteiger partial charge in [-0.25, -0.2) is 0 Å². The molecular weight excluding hydrogens is 172 g/mol. The summed E-state index contributed by atoms with van der Waals surface area (Å²) in [5.74, 6) is 0. The number of fused-ring (bicyclic) bond motifs is 1. The van der Waals surface area contributed by atoms with Crippen LogP contribution < -0.4 is 0 Å². The second kappa shape index (κ2) is 3.29. The number of aromatic nitrogens is 1. The Morgan fingerprint density at radius 3 is 2.83 bits per heavy atom. The molecule has 0 aliphatic rings. The van der Waals surface area contributed by atoms with E-state index in [0.717, 1.165) is 10.9 Å². The second-order valence-electron chi connectivity index (χ2n) is 2.36. The number of hydrogen-bond donors (Lipinski definition) is 1. The largest absolute Gasteiger partial charge is 0.360 e. The first-order chi connectivity index (χ1) is 5.42. The minimum atomic E-state index is 0. The van der Waals surface area contributed by atoms with Gasteiger partial charge in [0.05, 0.1) is 11.1 Å². The van der Waals surface area contributed by atoms with Gasteiger partial charge < -0.3 is 4.98 Å². The number of rotatable bonds is 0. The van der Waals surface area contributed by atoms with Gasteiger partial charge in [0.15, 0.2) is 0 Å². The van der Waals surface area contributed by atoms with Crippen LogP contribution in [0.3, 0.4) is 0 Å². The van der Waals surface area contributed by atoms with Crippen LogP contribution in [0.1, 0.15) is 5.56 Å². The van der Waals surface area contributed by atoms with E-state index in [1.165, 1.54) is 0 Å². The fraction of sp³-hybridized carbons (Fsp3) is 0. The highest BCUT2D eigenvalue weighted by molar-refractivity contribution is 5.85. The summed E-state index contributed by atoms with van der Waals surface area (Å²) in [6.07, 6.45) is 1.84. The third kappa shape index (κ3) is 1.15. The molecule has 2 aromatic rings. The molecule has 0 radical (unpaired) electrons. The van der Waals surface area contributed by atoms with Crippen LogP contribution in [0.5, 0.6) is 0 Å². The molecule has 0 spiro atoms. The molecule has 60 valence electrons. The van der Waals surface area contributed by atoms with Crippen LogP contribution in [-0.2, 0) is 0 Å². The summed E-state index contributed by atoms with van der Waals surface area (Å²) in [6, 6.07) is 9.75. The van der Waals surface area contributed by atoms with Crippen molar-refractivity contribution in [2.75, 3.05) is 0 Å². The molecular formula is C9H7ClN2. The first kappa shape index (κ1) is 8.63. The van der Waals surface area contributed by atoms with E-state index in [2.05, 4.69) is 11.1 Å². The maximum absolute atomic E-state index is 8.68. The summed E-state index contributed by atoms with van der Waals surface area (Å²) in [4.78, 5) is 3.02. The molecule has 0 fully saturated rings. The van der Waals surface area contributed by atoms with Crippen molar-refractivity contribution in [3.05, 3.63) is 36.0 Å². The molecule has 0 saturated carbocycles. The zero-order chi connectivity index (χ0) is 7.68. The van der Waals surface area contributed by atoms with Crippen LogP contribution in [0.4, 0.5) is 0 Å². The molecule has 0 saturated heterocycles. The van der Waals surface area contributed by atoms with Crippen molar-refractivity contribution >= 4 is 23.3 Å². The lowest BCUT2D eigenvalue weighted by Gasteiger charge is -1.90. The lowest BCUT2D eigenvalue weighted by Crippen LogP contribution is -1.75. The van der Waals surface area contributed by atoms with Gasteiger partial charge in [0.2, 0.25) is 0 Å². The summed E-state index contributed by atoms with van der Waals surface area (Å²) in [5.41, 5.74) is 1.63. The van der Waals surface area contributed by atoms with Gasteiger partial charge in [-0.1, -0.05) is 12.1 Å². The Bertz CT molecular complexity index is 425. The van der Waals surface area contributed by atoms with E-state index in [1.54, 1.807) is 6.07 Å². The standard InChI is InChI=1S/C9H6N2.ClH/c10-6-8-3-1-2-7-4-5-11-9(7)8;/h1-5,11H;1H. The average molecular weight is 179 g/mol. The van der Waals surface area contributed by atoms with E-state index in [9.17, 15) is 0 Å². The Morgan fingerprint density at radius 2 is 2.08 bits per heavy atom. The summed E-state index contributed by atoms with van der Waals surface area (Å²) >= 11 is 0. The first-order valence-electron chi connectivity index (χ1n) is 3.38. The van der Waals surface area contributed by atoms with Crippen molar-refractivity contribution in [3.8, 4) is 6.07 Å². The monoisotopic (exact) mass is 178 g/mol. The number of nitrogens with zero attached hydrogens (tertiary/aromatic N) is 1. The Hall–Kier alpha value is -1.46. The lowest BCUT2D eigenvalue weighted by molar-refractivity contribution is 1.44. The number of nitrogens with one attached hydrogen (secondary N) is 1. The molecule has 1 aromatic heterocycles. The van der Waals surface area contributed by atoms with E-state index in [0.29, 0.717) is 5.56 Å². The molecule has 12 heavy (non-hydrogen) atoms. The molecule has 0 aliphatic carbocycles. The molecule has 1 N–H and O–H groups in total. The van der Waals surface area contributed by atoms with Crippen LogP contribution in [0.25, 0.3) is 10.9 Å². The number of halogens is 1. The Morgan fingerprint density at radius 1 is 1.25 bits per heavy atom. The highest BCUT2D eigenvalue weighted by Crippen LogP contribution is 2.15. The van der Waals surface area contributed by atoms with Crippen LogP contribution in [0.15, 0.2) is 30.5 Å². The van der Waals surface area contributed by atoms with Crippen LogP contribution in [0.2, 0.25) is 0 Å². The summed E-state index contributed by atoms with van der Waals surface area (Å²) in [5, 5.41) is 9.77. The summed E-state index contributed by atoms with van der Waals surface area (Å²) in [7, 11) is 0. The smallest absolute Gasteiger partial charge is 0.101 e. The van der Waals surface area contributed by atoms with E-state index in [4.69, 9.17) is 5.26 Å². The van der Waals surface area contributed by atoms with Gasteiger partial charge in [-0.2, -0.15) is 5.26 Å². The molecule has 2 rings (SSSR count). The predicted molar refractivity (Wildman–Crippen MR) is 50.3 cm³/mol. The van der Waals surface area contributed by atoms with E-state index in [-0.39, 0.29) is 12.4 Å². The Balaban J connectivity index is 0.000000720. The van der Waals surface area contributed by atoms with Gasteiger partial charge in [0, 0.05) is 11.6 Å². The maximum Gasteiger partial charge on any atom is 0.101 e. The second-order valence-corrected chi connectivity index (χ2v) is 2.36. The molecule has 0 amide bonds. The van der Waals surface area contributed by atoms with Gasteiger partial charge in [-0.05, 0) is 12.1 Å². The van der Waals surface area contributed by atoms with Crippen molar-refractivity contribution in [3.63, 3.8) is 0 Å². The zero-order valence-electron chi connectivity index (χ0n) is 6.24. The van der Waals surface area contributed by atoms with Crippen LogP contribution >= 0.6 is 12.4 Å². The van der Waals surface area contributed by atoms with Gasteiger partial charge in [0.1, 0.15) is 6.07 Å². The fourth-order valence-electron chi connectivity index (χ4n) is 1.18. The molecule has 0 unspecified atom stereocenters. The zero-order valence-corrected chi connectivity index (χ0v) is 7.06. The quantitative estimate of drug-likeness (QED) is 0.662. The van der Waals surface area contributed by atoms with Gasteiger partial charge in [-0.15, -0.1) is 12.4 Å². The Kier molecular flexibility index (Phi) is 2.37. The first-order valence-corrected chi connectivity index (χ1v) is 3.38. The highest BCUT2D eigenvalue weighted by atomic mass is 35.5. The molecule has 3 heteroatoms. The van der Waals surface area contributed by atoms with E-state index < -0.39 is 0 Å². The number of para-hydroxylation sites is 1. The van der Waals surface area contributed by atoms with Crippen molar-refractivity contribution in [1.82, 2.24) is 4.98 Å². The lowest BCUT2D eigenvalue weighted by atomic mass is 10.2. The summed E-state index contributed by atoms with van der Waals surface area (Å²) in [6.45, 7) is 0. The minimum Gasteiger partial charge on any atom is -0.360 e. The number of benzene rings is 1. The molecule has 0 atom stereocenters. The van der Waals surface area contributed by atoms with E-state index in [1.807, 2.05) is 24.4 Å². The maximum atomic E-state index is 8.68. The number of hydrogen-bond acceptors (Lipinski definition) is 1. The van der Waals surface area contributed by atoms with Gasteiger partial charge >= 0.3 is 0 Å².